The zero-order valence-corrected chi connectivity index (χ0v) is 13.6. The van der Waals surface area contributed by atoms with Gasteiger partial charge in [-0.1, -0.05) is 6.07 Å². The van der Waals surface area contributed by atoms with Crippen molar-refractivity contribution in [3.8, 4) is 0 Å². The summed E-state index contributed by atoms with van der Waals surface area (Å²) in [5.41, 5.74) is 4.22. The number of nitrogens with zero attached hydrogens (tertiary/aromatic N) is 2. The van der Waals surface area contributed by atoms with Gasteiger partial charge >= 0.3 is 12.1 Å². The number of benzene rings is 1. The summed E-state index contributed by atoms with van der Waals surface area (Å²) in [5.74, 6) is -1.18. The number of alkyl halides is 3. The van der Waals surface area contributed by atoms with E-state index >= 15 is 0 Å². The molecule has 0 amide bonds. The molecule has 1 aromatic carbocycles. The SMILES string of the molecule is CCOC(=O)C(=CN)C(=Nc1cccc2nc(C)ccc12)C(F)(F)F. The van der Waals surface area contributed by atoms with Gasteiger partial charge in [0.05, 0.1) is 17.8 Å². The average Bonchev–Trinajstić information content (AvgIpc) is 2.53. The standard InChI is InChI=1S/C17H16F3N3O2/c1-3-25-16(24)12(9-21)15(17(18,19)20)23-14-6-4-5-13-11(14)8-7-10(2)22-13/h4-9H,3,21H2,1-2H3. The number of pyridine rings is 1. The maximum Gasteiger partial charge on any atom is 0.434 e. The molecule has 0 fully saturated rings. The first-order valence-electron chi connectivity index (χ1n) is 7.39. The van der Waals surface area contributed by atoms with Crippen molar-refractivity contribution in [3.63, 3.8) is 0 Å². The maximum atomic E-state index is 13.5. The van der Waals surface area contributed by atoms with Crippen LogP contribution in [0, 0.1) is 6.92 Å². The third-order valence-corrected chi connectivity index (χ3v) is 3.27. The van der Waals surface area contributed by atoms with Crippen molar-refractivity contribution in [2.45, 2.75) is 20.0 Å². The Kier molecular flexibility index (Phi) is 5.41. The summed E-state index contributed by atoms with van der Waals surface area (Å²) < 4.78 is 45.0. The number of fused-ring (bicyclic) bond motifs is 1. The van der Waals surface area contributed by atoms with Gasteiger partial charge in [0.15, 0.2) is 5.71 Å². The van der Waals surface area contributed by atoms with E-state index in [-0.39, 0.29) is 12.3 Å². The van der Waals surface area contributed by atoms with Gasteiger partial charge in [-0.15, -0.1) is 0 Å². The van der Waals surface area contributed by atoms with Gasteiger partial charge in [0.2, 0.25) is 0 Å². The minimum Gasteiger partial charge on any atom is -0.462 e. The molecule has 5 nitrogen and oxygen atoms in total. The summed E-state index contributed by atoms with van der Waals surface area (Å²) in [5, 5.41) is 0.426. The van der Waals surface area contributed by atoms with Crippen LogP contribution < -0.4 is 5.73 Å². The Morgan fingerprint density at radius 2 is 2.04 bits per heavy atom. The van der Waals surface area contributed by atoms with Crippen LogP contribution in [-0.2, 0) is 9.53 Å². The highest BCUT2D eigenvalue weighted by atomic mass is 19.4. The molecule has 8 heteroatoms. The van der Waals surface area contributed by atoms with Crippen LogP contribution in [0.1, 0.15) is 12.6 Å². The Bertz CT molecular complexity index is 858. The van der Waals surface area contributed by atoms with Gasteiger partial charge in [0, 0.05) is 17.3 Å². The molecule has 0 atom stereocenters. The van der Waals surface area contributed by atoms with E-state index in [9.17, 15) is 18.0 Å². The first kappa shape index (κ1) is 18.4. The van der Waals surface area contributed by atoms with Crippen LogP contribution >= 0.6 is 0 Å². The highest BCUT2D eigenvalue weighted by Gasteiger charge is 2.41. The third kappa shape index (κ3) is 4.14. The molecule has 0 unspecified atom stereocenters. The fraction of sp³-hybridized carbons (Fsp3) is 0.235. The smallest absolute Gasteiger partial charge is 0.434 e. The quantitative estimate of drug-likeness (QED) is 0.519. The minimum absolute atomic E-state index is 0.0287. The lowest BCUT2D eigenvalue weighted by molar-refractivity contribution is -0.138. The third-order valence-electron chi connectivity index (χ3n) is 3.27. The number of aromatic nitrogens is 1. The molecule has 0 aliphatic rings. The number of aliphatic imine (C=N–C) groups is 1. The fourth-order valence-corrected chi connectivity index (χ4v) is 2.19. The molecule has 0 aliphatic heterocycles. The van der Waals surface area contributed by atoms with Gasteiger partial charge in [-0.3, -0.25) is 4.98 Å². The predicted octanol–water partition coefficient (Wildman–Crippen LogP) is 3.58. The molecule has 0 saturated heterocycles. The van der Waals surface area contributed by atoms with Gasteiger partial charge in [-0.05, 0) is 38.1 Å². The molecule has 0 aliphatic carbocycles. The number of rotatable bonds is 4. The lowest BCUT2D eigenvalue weighted by atomic mass is 10.1. The molecule has 0 radical (unpaired) electrons. The van der Waals surface area contributed by atoms with Gasteiger partial charge < -0.3 is 10.5 Å². The molecule has 0 bridgehead atoms. The van der Waals surface area contributed by atoms with E-state index in [0.29, 0.717) is 17.1 Å². The maximum absolute atomic E-state index is 13.5. The number of carbonyl (C=O) groups excluding carboxylic acids is 1. The van der Waals surface area contributed by atoms with E-state index in [2.05, 4.69) is 14.7 Å². The second-order valence-corrected chi connectivity index (χ2v) is 5.06. The summed E-state index contributed by atoms with van der Waals surface area (Å²) >= 11 is 0. The topological polar surface area (TPSA) is 77.6 Å². The van der Waals surface area contributed by atoms with E-state index < -0.39 is 23.4 Å². The van der Waals surface area contributed by atoms with Crippen LogP contribution in [-0.4, -0.2) is 29.4 Å². The van der Waals surface area contributed by atoms with Crippen molar-refractivity contribution in [2.24, 2.45) is 10.7 Å². The number of aryl methyl sites for hydroxylation is 1. The zero-order chi connectivity index (χ0) is 18.6. The molecule has 0 spiro atoms. The molecule has 2 rings (SSSR count). The van der Waals surface area contributed by atoms with Crippen molar-refractivity contribution < 1.29 is 22.7 Å². The van der Waals surface area contributed by atoms with Crippen LogP contribution in [0.2, 0.25) is 0 Å². The van der Waals surface area contributed by atoms with Crippen molar-refractivity contribution in [1.82, 2.24) is 4.98 Å². The lowest BCUT2D eigenvalue weighted by Gasteiger charge is -2.13. The van der Waals surface area contributed by atoms with Crippen molar-refractivity contribution in [3.05, 3.63) is 47.8 Å². The van der Waals surface area contributed by atoms with Crippen LogP contribution in [0.25, 0.3) is 10.9 Å². The molecular weight excluding hydrogens is 335 g/mol. The second kappa shape index (κ2) is 7.33. The first-order valence-corrected chi connectivity index (χ1v) is 7.39. The molecule has 2 N–H and O–H groups in total. The van der Waals surface area contributed by atoms with E-state index in [1.165, 1.54) is 19.1 Å². The van der Waals surface area contributed by atoms with E-state index in [1.807, 2.05) is 0 Å². The Balaban J connectivity index is 2.65. The predicted molar refractivity (Wildman–Crippen MR) is 88.5 cm³/mol. The summed E-state index contributed by atoms with van der Waals surface area (Å²) in [4.78, 5) is 19.7. The number of esters is 1. The number of hydrogen-bond acceptors (Lipinski definition) is 5. The number of nitrogens with two attached hydrogens (primary N) is 1. The number of carbonyl (C=O) groups is 1. The van der Waals surface area contributed by atoms with Gasteiger partial charge in [0.25, 0.3) is 0 Å². The van der Waals surface area contributed by atoms with E-state index in [4.69, 9.17) is 5.73 Å². The summed E-state index contributed by atoms with van der Waals surface area (Å²) in [6.45, 7) is 3.17. The van der Waals surface area contributed by atoms with Crippen molar-refractivity contribution in [2.75, 3.05) is 6.61 Å². The van der Waals surface area contributed by atoms with Crippen LogP contribution in [0.4, 0.5) is 18.9 Å². The first-order chi connectivity index (χ1) is 11.8. The highest BCUT2D eigenvalue weighted by molar-refractivity contribution is 6.23. The van der Waals surface area contributed by atoms with Crippen LogP contribution in [0.15, 0.2) is 47.1 Å². The summed E-state index contributed by atoms with van der Waals surface area (Å²) in [6.07, 6.45) is -4.34. The monoisotopic (exact) mass is 351 g/mol. The van der Waals surface area contributed by atoms with Gasteiger partial charge in [0.1, 0.15) is 5.57 Å². The number of ether oxygens (including phenoxy) is 1. The minimum atomic E-state index is -4.89. The molecule has 132 valence electrons. The molecule has 2 aromatic rings. The largest absolute Gasteiger partial charge is 0.462 e. The molecule has 1 heterocycles. The lowest BCUT2D eigenvalue weighted by Crippen LogP contribution is -2.30. The van der Waals surface area contributed by atoms with Gasteiger partial charge in [-0.25, -0.2) is 9.79 Å². The Hall–Kier alpha value is -2.90. The van der Waals surface area contributed by atoms with E-state index in [1.54, 1.807) is 25.1 Å². The van der Waals surface area contributed by atoms with Crippen LogP contribution in [0.3, 0.4) is 0 Å². The van der Waals surface area contributed by atoms with Crippen molar-refractivity contribution >= 4 is 28.3 Å². The Morgan fingerprint density at radius 1 is 1.32 bits per heavy atom. The molecular formula is C17H16F3N3O2. The molecule has 1 aromatic heterocycles. The normalized spacial score (nSPS) is 13.2. The summed E-state index contributed by atoms with van der Waals surface area (Å²) in [7, 11) is 0. The zero-order valence-electron chi connectivity index (χ0n) is 13.6. The molecule has 0 saturated carbocycles. The average molecular weight is 351 g/mol. The van der Waals surface area contributed by atoms with Crippen molar-refractivity contribution in [1.29, 1.82) is 0 Å². The van der Waals surface area contributed by atoms with Crippen LogP contribution in [0.5, 0.6) is 0 Å². The molecule has 25 heavy (non-hydrogen) atoms. The fourth-order valence-electron chi connectivity index (χ4n) is 2.19. The highest BCUT2D eigenvalue weighted by Crippen LogP contribution is 2.30. The number of halogens is 3. The second-order valence-electron chi connectivity index (χ2n) is 5.06. The Morgan fingerprint density at radius 3 is 2.64 bits per heavy atom. The van der Waals surface area contributed by atoms with Gasteiger partial charge in [-0.2, -0.15) is 13.2 Å². The summed E-state index contributed by atoms with van der Waals surface area (Å²) in [6, 6.07) is 7.90. The number of hydrogen-bond donors (Lipinski definition) is 1. The Labute approximate surface area is 142 Å². The van der Waals surface area contributed by atoms with E-state index in [0.717, 1.165) is 5.69 Å².